The zero-order chi connectivity index (χ0) is 28.7. The number of halogens is 3. The van der Waals surface area contributed by atoms with Crippen LogP contribution in [0.25, 0.3) is 11.1 Å². The maximum Gasteiger partial charge on any atom is 0.416 e. The van der Waals surface area contributed by atoms with Crippen molar-refractivity contribution in [3.05, 3.63) is 75.7 Å². The van der Waals surface area contributed by atoms with Crippen LogP contribution in [-0.2, 0) is 6.18 Å². The van der Waals surface area contributed by atoms with Crippen LogP contribution in [0.15, 0.2) is 53.9 Å². The number of piperidine rings is 1. The molecule has 0 bridgehead atoms. The number of carbonyl (C=O) groups is 2. The van der Waals surface area contributed by atoms with Gasteiger partial charge in [-0.3, -0.25) is 9.59 Å². The molecular formula is C30H35F3N4O2S. The number of nitrogens with zero attached hydrogens (tertiary/aromatic N) is 3. The molecule has 10 heteroatoms. The molecule has 0 spiro atoms. The number of thiazole rings is 1. The average molecular weight is 573 g/mol. The van der Waals surface area contributed by atoms with Crippen molar-refractivity contribution < 1.29 is 22.8 Å². The van der Waals surface area contributed by atoms with Crippen LogP contribution in [0.3, 0.4) is 0 Å². The molecule has 214 valence electrons. The van der Waals surface area contributed by atoms with Crippen LogP contribution in [0.4, 0.5) is 13.2 Å². The van der Waals surface area contributed by atoms with Gasteiger partial charge in [-0.1, -0.05) is 44.2 Å². The van der Waals surface area contributed by atoms with Gasteiger partial charge in [-0.15, -0.1) is 11.3 Å². The number of benzene rings is 2. The molecule has 4 rings (SSSR count). The number of hydrogen-bond donors (Lipinski definition) is 1. The fraction of sp³-hybridized carbons (Fsp3) is 0.433. The largest absolute Gasteiger partial charge is 0.416 e. The van der Waals surface area contributed by atoms with Crippen molar-refractivity contribution in [2.75, 3.05) is 39.3 Å². The van der Waals surface area contributed by atoms with E-state index < -0.39 is 11.7 Å². The number of carbonyl (C=O) groups excluding carboxylic acids is 2. The highest BCUT2D eigenvalue weighted by atomic mass is 32.1. The monoisotopic (exact) mass is 572 g/mol. The molecule has 2 amide bonds. The summed E-state index contributed by atoms with van der Waals surface area (Å²) in [6.45, 7) is 8.88. The molecule has 0 radical (unpaired) electrons. The second-order valence-electron chi connectivity index (χ2n) is 9.89. The number of likely N-dealkylation sites (tertiary alicyclic amines) is 1. The topological polar surface area (TPSA) is 65.5 Å². The van der Waals surface area contributed by atoms with Crippen molar-refractivity contribution in [3.8, 4) is 11.1 Å². The lowest BCUT2D eigenvalue weighted by molar-refractivity contribution is -0.137. The Bertz CT molecular complexity index is 1280. The molecule has 1 aromatic heterocycles. The summed E-state index contributed by atoms with van der Waals surface area (Å²) in [6, 6.07) is 11.9. The Labute approximate surface area is 237 Å². The molecule has 6 nitrogen and oxygen atoms in total. The number of aromatic nitrogens is 1. The third-order valence-corrected chi connectivity index (χ3v) is 8.41. The van der Waals surface area contributed by atoms with E-state index in [0.717, 1.165) is 56.0 Å². The summed E-state index contributed by atoms with van der Waals surface area (Å²) < 4.78 is 39.0. The third-order valence-electron chi connectivity index (χ3n) is 7.40. The van der Waals surface area contributed by atoms with Crippen LogP contribution in [0, 0.1) is 0 Å². The maximum atomic E-state index is 13.4. The first-order valence-corrected chi connectivity index (χ1v) is 14.6. The Balaban J connectivity index is 1.33. The van der Waals surface area contributed by atoms with Gasteiger partial charge >= 0.3 is 6.18 Å². The molecule has 1 N–H and O–H groups in total. The van der Waals surface area contributed by atoms with Gasteiger partial charge in [-0.05, 0) is 68.2 Å². The minimum absolute atomic E-state index is 0.141. The van der Waals surface area contributed by atoms with Crippen LogP contribution >= 0.6 is 11.3 Å². The summed E-state index contributed by atoms with van der Waals surface area (Å²) in [4.78, 5) is 34.7. The van der Waals surface area contributed by atoms with E-state index in [2.05, 4.69) is 29.0 Å². The molecule has 1 saturated heterocycles. The molecule has 1 fully saturated rings. The lowest BCUT2D eigenvalue weighted by Crippen LogP contribution is -2.38. The maximum absolute atomic E-state index is 13.4. The van der Waals surface area contributed by atoms with Crippen molar-refractivity contribution in [1.82, 2.24) is 20.1 Å². The minimum Gasteiger partial charge on any atom is -0.351 e. The average Bonchev–Trinajstić information content (AvgIpc) is 3.47. The highest BCUT2D eigenvalue weighted by Gasteiger charge is 2.31. The Morgan fingerprint density at radius 3 is 2.38 bits per heavy atom. The van der Waals surface area contributed by atoms with Crippen molar-refractivity contribution in [3.63, 3.8) is 0 Å². The van der Waals surface area contributed by atoms with Crippen molar-refractivity contribution >= 4 is 23.2 Å². The van der Waals surface area contributed by atoms with Crippen LogP contribution in [-0.4, -0.2) is 65.9 Å². The predicted octanol–water partition coefficient (Wildman–Crippen LogP) is 6.31. The Hall–Kier alpha value is -3.24. The zero-order valence-electron chi connectivity index (χ0n) is 22.8. The second-order valence-corrected chi connectivity index (χ2v) is 10.8. The summed E-state index contributed by atoms with van der Waals surface area (Å²) in [7, 11) is 0. The van der Waals surface area contributed by atoms with Gasteiger partial charge in [-0.2, -0.15) is 13.2 Å². The Morgan fingerprint density at radius 2 is 1.73 bits per heavy atom. The number of amides is 2. The van der Waals surface area contributed by atoms with Gasteiger partial charge in [0.1, 0.15) is 5.69 Å². The van der Waals surface area contributed by atoms with E-state index in [9.17, 15) is 22.8 Å². The first-order valence-electron chi connectivity index (χ1n) is 13.7. The minimum atomic E-state index is -4.41. The van der Waals surface area contributed by atoms with Crippen LogP contribution in [0.5, 0.6) is 0 Å². The molecule has 0 unspecified atom stereocenters. The van der Waals surface area contributed by atoms with E-state index in [-0.39, 0.29) is 17.7 Å². The van der Waals surface area contributed by atoms with Gasteiger partial charge in [-0.25, -0.2) is 4.98 Å². The van der Waals surface area contributed by atoms with Gasteiger partial charge in [0.15, 0.2) is 0 Å². The molecule has 0 aliphatic carbocycles. The molecule has 1 aliphatic rings. The number of nitrogens with one attached hydrogen (secondary N) is 1. The van der Waals surface area contributed by atoms with Crippen molar-refractivity contribution in [2.24, 2.45) is 0 Å². The molecule has 0 saturated carbocycles. The van der Waals surface area contributed by atoms with Gasteiger partial charge in [0.2, 0.25) is 0 Å². The molecule has 1 aliphatic heterocycles. The number of hydrogen-bond acceptors (Lipinski definition) is 5. The molecule has 0 atom stereocenters. The predicted molar refractivity (Wildman–Crippen MR) is 152 cm³/mol. The summed E-state index contributed by atoms with van der Waals surface area (Å²) >= 11 is 1.48. The lowest BCUT2D eigenvalue weighted by Gasteiger charge is -2.31. The molecular weight excluding hydrogens is 537 g/mol. The smallest absolute Gasteiger partial charge is 0.351 e. The zero-order valence-corrected chi connectivity index (χ0v) is 23.7. The number of alkyl halides is 3. The van der Waals surface area contributed by atoms with E-state index in [1.807, 2.05) is 0 Å². The molecule has 40 heavy (non-hydrogen) atoms. The molecule has 3 aromatic rings. The van der Waals surface area contributed by atoms with Crippen LogP contribution in [0.1, 0.15) is 70.4 Å². The SMILES string of the molecule is CCN(CC)CCCNC(=O)c1csc(C2CCN(C(=O)c3ccccc3-c3ccc(C(F)(F)F)cc3)CC2)n1. The lowest BCUT2D eigenvalue weighted by atomic mass is 9.94. The highest BCUT2D eigenvalue weighted by Crippen LogP contribution is 2.34. The first-order chi connectivity index (χ1) is 19.2. The van der Waals surface area contributed by atoms with Gasteiger partial charge in [0.25, 0.3) is 11.8 Å². The Morgan fingerprint density at radius 1 is 1.05 bits per heavy atom. The van der Waals surface area contributed by atoms with E-state index in [0.29, 0.717) is 42.0 Å². The summed E-state index contributed by atoms with van der Waals surface area (Å²) in [5.41, 5.74) is 1.35. The van der Waals surface area contributed by atoms with Crippen molar-refractivity contribution in [2.45, 2.75) is 45.2 Å². The molecule has 2 aromatic carbocycles. The summed E-state index contributed by atoms with van der Waals surface area (Å²) in [5.74, 6) is -0.129. The van der Waals surface area contributed by atoms with Gasteiger partial charge in [0, 0.05) is 36.5 Å². The van der Waals surface area contributed by atoms with Gasteiger partial charge in [0.05, 0.1) is 10.6 Å². The van der Waals surface area contributed by atoms with Crippen LogP contribution < -0.4 is 5.32 Å². The van der Waals surface area contributed by atoms with E-state index >= 15 is 0 Å². The standard InChI is InChI=1S/C30H35F3N4O2S/c1-3-36(4-2)17-7-16-34-27(38)26-20-40-28(35-26)22-14-18-37(19-15-22)29(39)25-9-6-5-8-24(25)21-10-12-23(13-11-21)30(31,32)33/h5-6,8-13,20,22H,3-4,7,14-19H2,1-2H3,(H,34,38). The highest BCUT2D eigenvalue weighted by molar-refractivity contribution is 7.09. The fourth-order valence-electron chi connectivity index (χ4n) is 4.97. The number of rotatable bonds is 10. The van der Waals surface area contributed by atoms with E-state index in [4.69, 9.17) is 0 Å². The van der Waals surface area contributed by atoms with E-state index in [1.54, 1.807) is 34.5 Å². The quantitative estimate of drug-likeness (QED) is 0.289. The Kier molecular flexibility index (Phi) is 9.97. The van der Waals surface area contributed by atoms with Crippen LogP contribution in [0.2, 0.25) is 0 Å². The molecule has 2 heterocycles. The van der Waals surface area contributed by atoms with Crippen molar-refractivity contribution in [1.29, 1.82) is 0 Å². The first kappa shape index (κ1) is 29.7. The summed E-state index contributed by atoms with van der Waals surface area (Å²) in [5, 5.41) is 5.66. The van der Waals surface area contributed by atoms with Gasteiger partial charge < -0.3 is 15.1 Å². The fourth-order valence-corrected chi connectivity index (χ4v) is 5.95. The normalized spacial score (nSPS) is 14.5. The summed E-state index contributed by atoms with van der Waals surface area (Å²) in [6.07, 6.45) is -2.07. The third kappa shape index (κ3) is 7.28. The van der Waals surface area contributed by atoms with E-state index in [1.165, 1.54) is 23.5 Å². The second kappa shape index (κ2) is 13.4.